The number of carbonyl (C=O) groups excluding carboxylic acids is 1. The van der Waals surface area contributed by atoms with E-state index in [0.29, 0.717) is 13.2 Å². The third kappa shape index (κ3) is 4.90. The highest BCUT2D eigenvalue weighted by Gasteiger charge is 2.13. The lowest BCUT2D eigenvalue weighted by atomic mass is 10.2. The summed E-state index contributed by atoms with van der Waals surface area (Å²) in [5.74, 6) is 0.652. The number of rotatable bonds is 7. The molecule has 0 saturated heterocycles. The predicted molar refractivity (Wildman–Crippen MR) is 85.5 cm³/mol. The first-order valence-electron chi connectivity index (χ1n) is 7.25. The Hall–Kier alpha value is -2.33. The average Bonchev–Trinajstić information content (AvgIpc) is 2.58. The molecule has 1 atom stereocenters. The van der Waals surface area contributed by atoms with E-state index in [-0.39, 0.29) is 5.91 Å². The summed E-state index contributed by atoms with van der Waals surface area (Å²) in [6.45, 7) is 2.63. The fraction of sp³-hybridized carbons (Fsp3) is 0.278. The highest BCUT2D eigenvalue weighted by Crippen LogP contribution is 2.12. The second-order valence-electron chi connectivity index (χ2n) is 5.01. The Morgan fingerprint density at radius 2 is 1.82 bits per heavy atom. The second-order valence-corrected chi connectivity index (χ2v) is 5.01. The lowest BCUT2D eigenvalue weighted by molar-refractivity contribution is -0.132. The summed E-state index contributed by atoms with van der Waals surface area (Å²) < 4.78 is 10.7. The van der Waals surface area contributed by atoms with Gasteiger partial charge in [-0.05, 0) is 30.2 Å². The molecule has 0 unspecified atom stereocenters. The maximum absolute atomic E-state index is 12.0. The molecule has 0 aliphatic rings. The smallest absolute Gasteiger partial charge is 0.249 e. The largest absolute Gasteiger partial charge is 0.497 e. The first-order chi connectivity index (χ1) is 10.7. The van der Waals surface area contributed by atoms with Crippen molar-refractivity contribution in [3.8, 4) is 5.75 Å². The van der Waals surface area contributed by atoms with E-state index in [0.717, 1.165) is 16.9 Å². The van der Waals surface area contributed by atoms with Crippen LogP contribution in [0.5, 0.6) is 5.75 Å². The minimum absolute atomic E-state index is 0.126. The molecule has 0 aromatic heterocycles. The first kappa shape index (κ1) is 16.0. The van der Waals surface area contributed by atoms with Crippen LogP contribution in [0.4, 0.5) is 0 Å². The Morgan fingerprint density at radius 3 is 2.55 bits per heavy atom. The fourth-order valence-electron chi connectivity index (χ4n) is 1.99. The van der Waals surface area contributed by atoms with E-state index < -0.39 is 6.10 Å². The molecule has 1 N–H and O–H groups in total. The van der Waals surface area contributed by atoms with Crippen molar-refractivity contribution in [3.05, 3.63) is 65.7 Å². The Morgan fingerprint density at radius 1 is 1.09 bits per heavy atom. The van der Waals surface area contributed by atoms with E-state index >= 15 is 0 Å². The quantitative estimate of drug-likeness (QED) is 0.855. The summed E-state index contributed by atoms with van der Waals surface area (Å²) in [5.41, 5.74) is 2.04. The van der Waals surface area contributed by atoms with E-state index in [1.54, 1.807) is 14.0 Å². The van der Waals surface area contributed by atoms with E-state index in [4.69, 9.17) is 9.47 Å². The molecule has 0 bridgehead atoms. The van der Waals surface area contributed by atoms with E-state index in [1.165, 1.54) is 0 Å². The molecule has 2 aromatic carbocycles. The van der Waals surface area contributed by atoms with Gasteiger partial charge in [-0.15, -0.1) is 0 Å². The van der Waals surface area contributed by atoms with Crippen molar-refractivity contribution in [2.45, 2.75) is 26.2 Å². The summed E-state index contributed by atoms with van der Waals surface area (Å²) >= 11 is 0. The van der Waals surface area contributed by atoms with Gasteiger partial charge in [0.05, 0.1) is 13.7 Å². The molecule has 0 radical (unpaired) electrons. The summed E-state index contributed by atoms with van der Waals surface area (Å²) in [5, 5.41) is 2.87. The number of ether oxygens (including phenoxy) is 2. The van der Waals surface area contributed by atoms with Gasteiger partial charge < -0.3 is 14.8 Å². The SMILES string of the molecule is COc1cccc(CNC(=O)[C@@H](C)OCc2ccccc2)c1. The summed E-state index contributed by atoms with van der Waals surface area (Å²) in [4.78, 5) is 12.0. The van der Waals surface area contributed by atoms with Crippen LogP contribution in [0.3, 0.4) is 0 Å². The standard InChI is InChI=1S/C18H21NO3/c1-14(22-13-15-7-4-3-5-8-15)18(20)19-12-16-9-6-10-17(11-16)21-2/h3-11,14H,12-13H2,1-2H3,(H,19,20)/t14-/m1/s1. The molecular formula is C18H21NO3. The van der Waals surface area contributed by atoms with Crippen molar-refractivity contribution in [2.24, 2.45) is 0 Å². The van der Waals surface area contributed by atoms with Crippen LogP contribution in [0.1, 0.15) is 18.1 Å². The number of hydrogen-bond acceptors (Lipinski definition) is 3. The predicted octanol–water partition coefficient (Wildman–Crippen LogP) is 2.92. The van der Waals surface area contributed by atoms with Crippen LogP contribution in [0.2, 0.25) is 0 Å². The molecule has 0 aliphatic heterocycles. The number of benzene rings is 2. The van der Waals surface area contributed by atoms with Crippen LogP contribution in [0.25, 0.3) is 0 Å². The lowest BCUT2D eigenvalue weighted by Crippen LogP contribution is -2.34. The van der Waals surface area contributed by atoms with Gasteiger partial charge in [0.1, 0.15) is 11.9 Å². The Kier molecular flexibility index (Phi) is 5.98. The van der Waals surface area contributed by atoms with Crippen molar-refractivity contribution in [3.63, 3.8) is 0 Å². The van der Waals surface area contributed by atoms with Crippen LogP contribution in [0, 0.1) is 0 Å². The zero-order valence-corrected chi connectivity index (χ0v) is 12.9. The Labute approximate surface area is 131 Å². The molecule has 22 heavy (non-hydrogen) atoms. The van der Waals surface area contributed by atoms with Gasteiger partial charge in [0.15, 0.2) is 0 Å². The first-order valence-corrected chi connectivity index (χ1v) is 7.25. The lowest BCUT2D eigenvalue weighted by Gasteiger charge is -2.14. The van der Waals surface area contributed by atoms with E-state index in [2.05, 4.69) is 5.32 Å². The number of amides is 1. The molecule has 0 spiro atoms. The van der Waals surface area contributed by atoms with Gasteiger partial charge in [0.25, 0.3) is 0 Å². The van der Waals surface area contributed by atoms with Crippen molar-refractivity contribution in [2.75, 3.05) is 7.11 Å². The zero-order chi connectivity index (χ0) is 15.8. The zero-order valence-electron chi connectivity index (χ0n) is 12.9. The third-order valence-corrected chi connectivity index (χ3v) is 3.31. The van der Waals surface area contributed by atoms with Gasteiger partial charge in [0, 0.05) is 6.54 Å². The van der Waals surface area contributed by atoms with Gasteiger partial charge in [-0.3, -0.25) is 4.79 Å². The highest BCUT2D eigenvalue weighted by molar-refractivity contribution is 5.80. The minimum atomic E-state index is -0.495. The minimum Gasteiger partial charge on any atom is -0.497 e. The summed E-state index contributed by atoms with van der Waals surface area (Å²) in [6.07, 6.45) is -0.495. The van der Waals surface area contributed by atoms with E-state index in [9.17, 15) is 4.79 Å². The molecule has 2 aromatic rings. The number of carbonyl (C=O) groups is 1. The maximum atomic E-state index is 12.0. The molecule has 1 amide bonds. The van der Waals surface area contributed by atoms with Crippen LogP contribution < -0.4 is 10.1 Å². The second kappa shape index (κ2) is 8.20. The molecule has 0 heterocycles. The van der Waals surface area contributed by atoms with Crippen LogP contribution in [-0.2, 0) is 22.7 Å². The van der Waals surface area contributed by atoms with Crippen molar-refractivity contribution < 1.29 is 14.3 Å². The molecule has 0 fully saturated rings. The molecule has 4 nitrogen and oxygen atoms in total. The fourth-order valence-corrected chi connectivity index (χ4v) is 1.99. The van der Waals surface area contributed by atoms with Gasteiger partial charge in [0.2, 0.25) is 5.91 Å². The van der Waals surface area contributed by atoms with Gasteiger partial charge in [-0.2, -0.15) is 0 Å². The molecule has 2 rings (SSSR count). The summed E-state index contributed by atoms with van der Waals surface area (Å²) in [6, 6.07) is 17.4. The molecule has 0 saturated carbocycles. The maximum Gasteiger partial charge on any atom is 0.249 e. The van der Waals surface area contributed by atoms with Crippen molar-refractivity contribution in [1.29, 1.82) is 0 Å². The Balaban J connectivity index is 1.78. The topological polar surface area (TPSA) is 47.6 Å². The van der Waals surface area contributed by atoms with Gasteiger partial charge in [-0.25, -0.2) is 0 Å². The molecule has 4 heteroatoms. The van der Waals surface area contributed by atoms with Crippen LogP contribution in [0.15, 0.2) is 54.6 Å². The highest BCUT2D eigenvalue weighted by atomic mass is 16.5. The number of nitrogens with one attached hydrogen (secondary N) is 1. The molecular weight excluding hydrogens is 278 g/mol. The van der Waals surface area contributed by atoms with Crippen LogP contribution >= 0.6 is 0 Å². The average molecular weight is 299 g/mol. The number of methoxy groups -OCH3 is 1. The normalized spacial score (nSPS) is 11.7. The van der Waals surface area contributed by atoms with Crippen molar-refractivity contribution >= 4 is 5.91 Å². The third-order valence-electron chi connectivity index (χ3n) is 3.31. The van der Waals surface area contributed by atoms with Gasteiger partial charge in [-0.1, -0.05) is 42.5 Å². The van der Waals surface area contributed by atoms with Crippen molar-refractivity contribution in [1.82, 2.24) is 5.32 Å². The number of hydrogen-bond donors (Lipinski definition) is 1. The monoisotopic (exact) mass is 299 g/mol. The van der Waals surface area contributed by atoms with Gasteiger partial charge >= 0.3 is 0 Å². The molecule has 0 aliphatic carbocycles. The van der Waals surface area contributed by atoms with E-state index in [1.807, 2.05) is 54.6 Å². The molecule has 116 valence electrons. The van der Waals surface area contributed by atoms with Crippen LogP contribution in [-0.4, -0.2) is 19.1 Å². The summed E-state index contributed by atoms with van der Waals surface area (Å²) in [7, 11) is 1.62. The Bertz CT molecular complexity index is 598.